The predicted octanol–water partition coefficient (Wildman–Crippen LogP) is 2.73. The Morgan fingerprint density at radius 2 is 1.77 bits per heavy atom. The Labute approximate surface area is 154 Å². The van der Waals surface area contributed by atoms with Crippen molar-refractivity contribution in [3.05, 3.63) is 48.0 Å². The van der Waals surface area contributed by atoms with Gasteiger partial charge in [0.25, 0.3) is 15.9 Å². The molecule has 26 heavy (non-hydrogen) atoms. The van der Waals surface area contributed by atoms with Gasteiger partial charge in [-0.1, -0.05) is 47.7 Å². The van der Waals surface area contributed by atoms with Crippen molar-refractivity contribution >= 4 is 43.2 Å². The highest BCUT2D eigenvalue weighted by atomic mass is 32.2. The Morgan fingerprint density at radius 1 is 1.04 bits per heavy atom. The molecular weight excluding hydrogens is 372 g/mol. The van der Waals surface area contributed by atoms with Crippen molar-refractivity contribution in [2.45, 2.75) is 17.2 Å². The summed E-state index contributed by atoms with van der Waals surface area (Å²) in [6.07, 6.45) is 1.70. The van der Waals surface area contributed by atoms with E-state index in [1.807, 2.05) is 30.3 Å². The number of rotatable bonds is 4. The first kappa shape index (κ1) is 17.1. The fourth-order valence-corrected chi connectivity index (χ4v) is 5.54. The van der Waals surface area contributed by atoms with Crippen LogP contribution in [0.4, 0.5) is 5.13 Å². The number of carbonyl (C=O) groups excluding carboxylic acids is 1. The first-order valence-corrected chi connectivity index (χ1v) is 10.4. The molecule has 7 nitrogen and oxygen atoms in total. The number of amides is 1. The second-order valence-corrected chi connectivity index (χ2v) is 9.05. The molecule has 3 aromatic rings. The number of anilines is 1. The summed E-state index contributed by atoms with van der Waals surface area (Å²) in [7, 11) is -3.63. The summed E-state index contributed by atoms with van der Waals surface area (Å²) in [4.78, 5) is 12.6. The van der Waals surface area contributed by atoms with E-state index in [1.165, 1.54) is 4.31 Å². The second kappa shape index (κ2) is 6.75. The summed E-state index contributed by atoms with van der Waals surface area (Å²) in [6, 6.07) is 13.0. The van der Waals surface area contributed by atoms with Crippen LogP contribution in [0.25, 0.3) is 10.8 Å². The summed E-state index contributed by atoms with van der Waals surface area (Å²) in [5.41, 5.74) is 0.502. The van der Waals surface area contributed by atoms with Crippen LogP contribution in [0.15, 0.2) is 46.8 Å². The van der Waals surface area contributed by atoms with Crippen LogP contribution in [-0.2, 0) is 10.0 Å². The Morgan fingerprint density at radius 3 is 2.58 bits per heavy atom. The molecule has 0 aliphatic carbocycles. The van der Waals surface area contributed by atoms with Gasteiger partial charge in [0.1, 0.15) is 0 Å². The molecule has 1 N–H and O–H groups in total. The highest BCUT2D eigenvalue weighted by Gasteiger charge is 2.30. The number of aromatic nitrogens is 2. The van der Waals surface area contributed by atoms with Gasteiger partial charge in [-0.25, -0.2) is 8.42 Å². The van der Waals surface area contributed by atoms with Crippen molar-refractivity contribution in [1.82, 2.24) is 14.5 Å². The van der Waals surface area contributed by atoms with Crippen molar-refractivity contribution < 1.29 is 13.2 Å². The normalized spacial score (nSPS) is 15.4. The molecule has 1 aliphatic heterocycles. The Balaban J connectivity index is 1.58. The van der Waals surface area contributed by atoms with E-state index in [1.54, 1.807) is 12.1 Å². The lowest BCUT2D eigenvalue weighted by Gasteiger charge is -2.11. The molecule has 1 amide bonds. The lowest BCUT2D eigenvalue weighted by atomic mass is 10.0. The third-order valence-electron chi connectivity index (χ3n) is 4.29. The van der Waals surface area contributed by atoms with Gasteiger partial charge in [0, 0.05) is 18.7 Å². The topological polar surface area (TPSA) is 92.3 Å². The van der Waals surface area contributed by atoms with E-state index in [4.69, 9.17) is 0 Å². The number of hydrogen-bond acceptors (Lipinski definition) is 6. The molecule has 134 valence electrons. The maximum absolute atomic E-state index is 12.6. The molecule has 9 heteroatoms. The van der Waals surface area contributed by atoms with Crippen LogP contribution in [0.1, 0.15) is 23.2 Å². The predicted molar refractivity (Wildman–Crippen MR) is 99.8 cm³/mol. The zero-order valence-corrected chi connectivity index (χ0v) is 15.4. The van der Waals surface area contributed by atoms with Gasteiger partial charge in [-0.15, -0.1) is 10.2 Å². The monoisotopic (exact) mass is 388 g/mol. The van der Waals surface area contributed by atoms with Crippen LogP contribution in [0, 0.1) is 0 Å². The highest BCUT2D eigenvalue weighted by molar-refractivity contribution is 7.91. The molecule has 1 saturated heterocycles. The number of carbonyl (C=O) groups is 1. The lowest BCUT2D eigenvalue weighted by Crippen LogP contribution is -2.27. The molecule has 4 rings (SSSR count). The Hall–Kier alpha value is -2.36. The van der Waals surface area contributed by atoms with Crippen LogP contribution in [0.3, 0.4) is 0 Å². The molecule has 0 bridgehead atoms. The number of sulfonamides is 1. The van der Waals surface area contributed by atoms with Gasteiger partial charge in [0.15, 0.2) is 0 Å². The molecule has 2 aromatic carbocycles. The minimum absolute atomic E-state index is 0.0902. The molecule has 0 unspecified atom stereocenters. The highest BCUT2D eigenvalue weighted by Crippen LogP contribution is 2.27. The van der Waals surface area contributed by atoms with Gasteiger partial charge in [0.2, 0.25) is 9.47 Å². The van der Waals surface area contributed by atoms with E-state index in [-0.39, 0.29) is 15.4 Å². The molecule has 1 aromatic heterocycles. The van der Waals surface area contributed by atoms with E-state index >= 15 is 0 Å². The number of hydrogen-bond donors (Lipinski definition) is 1. The molecule has 0 spiro atoms. The Bertz CT molecular complexity index is 1070. The van der Waals surface area contributed by atoms with Crippen LogP contribution < -0.4 is 5.32 Å². The van der Waals surface area contributed by atoms with Crippen molar-refractivity contribution in [2.75, 3.05) is 18.4 Å². The van der Waals surface area contributed by atoms with Crippen molar-refractivity contribution in [3.8, 4) is 0 Å². The van der Waals surface area contributed by atoms with Crippen molar-refractivity contribution in [2.24, 2.45) is 0 Å². The van der Waals surface area contributed by atoms with Gasteiger partial charge in [-0.2, -0.15) is 4.31 Å². The second-order valence-electron chi connectivity index (χ2n) is 5.97. The molecule has 0 saturated carbocycles. The summed E-state index contributed by atoms with van der Waals surface area (Å²) in [5, 5.41) is 12.2. The van der Waals surface area contributed by atoms with Gasteiger partial charge < -0.3 is 0 Å². The Kier molecular flexibility index (Phi) is 4.43. The summed E-state index contributed by atoms with van der Waals surface area (Å²) in [5.74, 6) is -0.344. The van der Waals surface area contributed by atoms with Gasteiger partial charge in [-0.05, 0) is 29.7 Å². The standard InChI is InChI=1S/C17H16N4O3S2/c22-15(14-9-5-7-12-6-1-2-8-13(12)14)18-16-19-20-17(25-16)26(23,24)21-10-3-4-11-21/h1-2,5-9H,3-4,10-11H2,(H,18,19,22). The molecule has 1 fully saturated rings. The summed E-state index contributed by atoms with van der Waals surface area (Å²) in [6.45, 7) is 0.999. The zero-order chi connectivity index (χ0) is 18.1. The molecule has 2 heterocycles. The molecule has 0 atom stereocenters. The number of benzene rings is 2. The van der Waals surface area contributed by atoms with Crippen LogP contribution in [0.2, 0.25) is 0 Å². The first-order valence-electron chi connectivity index (χ1n) is 8.18. The maximum atomic E-state index is 12.6. The van der Waals surface area contributed by atoms with E-state index < -0.39 is 10.0 Å². The third kappa shape index (κ3) is 3.09. The van der Waals surface area contributed by atoms with Crippen molar-refractivity contribution in [1.29, 1.82) is 0 Å². The van der Waals surface area contributed by atoms with E-state index in [2.05, 4.69) is 15.5 Å². The fourth-order valence-electron chi connectivity index (χ4n) is 2.99. The number of fused-ring (bicyclic) bond motifs is 1. The molecule has 1 aliphatic rings. The van der Waals surface area contributed by atoms with E-state index in [0.717, 1.165) is 35.0 Å². The van der Waals surface area contributed by atoms with Crippen LogP contribution in [0.5, 0.6) is 0 Å². The molecule has 0 radical (unpaired) electrons. The quantitative estimate of drug-likeness (QED) is 0.694. The van der Waals surface area contributed by atoms with E-state index in [0.29, 0.717) is 18.7 Å². The lowest BCUT2D eigenvalue weighted by molar-refractivity contribution is 0.102. The molecular formula is C17H16N4O3S2. The smallest absolute Gasteiger partial charge is 0.272 e. The summed E-state index contributed by atoms with van der Waals surface area (Å²) < 4.78 is 26.3. The van der Waals surface area contributed by atoms with Gasteiger partial charge in [0.05, 0.1) is 0 Å². The van der Waals surface area contributed by atoms with Crippen LogP contribution in [-0.4, -0.2) is 41.9 Å². The summed E-state index contributed by atoms with van der Waals surface area (Å²) >= 11 is 0.871. The largest absolute Gasteiger partial charge is 0.296 e. The van der Waals surface area contributed by atoms with E-state index in [9.17, 15) is 13.2 Å². The minimum atomic E-state index is -3.63. The van der Waals surface area contributed by atoms with Crippen LogP contribution >= 0.6 is 11.3 Å². The number of nitrogens with one attached hydrogen (secondary N) is 1. The van der Waals surface area contributed by atoms with Gasteiger partial charge >= 0.3 is 0 Å². The van der Waals surface area contributed by atoms with Crippen molar-refractivity contribution in [3.63, 3.8) is 0 Å². The fraction of sp³-hybridized carbons (Fsp3) is 0.235. The number of nitrogens with zero attached hydrogens (tertiary/aromatic N) is 3. The zero-order valence-electron chi connectivity index (χ0n) is 13.8. The maximum Gasteiger partial charge on any atom is 0.272 e. The first-order chi connectivity index (χ1) is 12.6. The third-order valence-corrected chi connectivity index (χ3v) is 7.37. The SMILES string of the molecule is O=C(Nc1nnc(S(=O)(=O)N2CCCC2)s1)c1cccc2ccccc12. The average Bonchev–Trinajstić information content (AvgIpc) is 3.33. The van der Waals surface area contributed by atoms with Gasteiger partial charge in [-0.3, -0.25) is 10.1 Å². The average molecular weight is 388 g/mol. The minimum Gasteiger partial charge on any atom is -0.296 e.